The number of aryl methyl sites for hydroxylation is 2. The fourth-order valence-corrected chi connectivity index (χ4v) is 5.36. The van der Waals surface area contributed by atoms with E-state index in [2.05, 4.69) is 62.5 Å². The van der Waals surface area contributed by atoms with Gasteiger partial charge in [-0.15, -0.1) is 0 Å². The molecule has 1 saturated carbocycles. The van der Waals surface area contributed by atoms with Crippen molar-refractivity contribution in [3.8, 4) is 0 Å². The number of amides is 2. The fraction of sp³-hybridized carbons (Fsp3) is 0.412. The van der Waals surface area contributed by atoms with Crippen molar-refractivity contribution in [2.45, 2.75) is 90.3 Å². The second kappa shape index (κ2) is 13.4. The van der Waals surface area contributed by atoms with Crippen LogP contribution >= 0.6 is 0 Å². The van der Waals surface area contributed by atoms with Gasteiger partial charge in [0.1, 0.15) is 6.04 Å². The topological polar surface area (TPSA) is 49.4 Å². The lowest BCUT2D eigenvalue weighted by molar-refractivity contribution is -0.141. The molecule has 4 nitrogen and oxygen atoms in total. The van der Waals surface area contributed by atoms with Crippen molar-refractivity contribution in [1.29, 1.82) is 0 Å². The molecule has 2 amide bonds. The third-order valence-electron chi connectivity index (χ3n) is 7.85. The molecule has 1 aliphatic carbocycles. The minimum absolute atomic E-state index is 0.0173. The van der Waals surface area contributed by atoms with Gasteiger partial charge in [-0.3, -0.25) is 9.59 Å². The van der Waals surface area contributed by atoms with Gasteiger partial charge < -0.3 is 10.2 Å². The standard InChI is InChI=1S/C34H42N2O2/c1-25(2)29-20-17-27(18-21-29)19-22-33(37)36(24-30-14-8-7-11-26(30)3)32(23-28-12-5-4-6-13-28)34(38)35-31-15-9-10-16-31/h4-8,11-14,17-18,20-21,25,31-32H,9-10,15-16,19,22-24H2,1-3H3,(H,35,38)/t32-/m1/s1. The molecule has 4 heteroatoms. The van der Waals surface area contributed by atoms with Crippen LogP contribution in [0.2, 0.25) is 0 Å². The second-order valence-corrected chi connectivity index (χ2v) is 11.0. The molecule has 0 aliphatic heterocycles. The van der Waals surface area contributed by atoms with Crippen LogP contribution in [0.25, 0.3) is 0 Å². The van der Waals surface area contributed by atoms with Gasteiger partial charge in [0.2, 0.25) is 11.8 Å². The first-order chi connectivity index (χ1) is 18.4. The highest BCUT2D eigenvalue weighted by molar-refractivity contribution is 5.88. The van der Waals surface area contributed by atoms with Gasteiger partial charge >= 0.3 is 0 Å². The van der Waals surface area contributed by atoms with Gasteiger partial charge in [0.05, 0.1) is 0 Å². The normalized spacial score (nSPS) is 14.4. The van der Waals surface area contributed by atoms with Crippen molar-refractivity contribution in [3.63, 3.8) is 0 Å². The number of hydrogen-bond donors (Lipinski definition) is 1. The summed E-state index contributed by atoms with van der Waals surface area (Å²) < 4.78 is 0. The second-order valence-electron chi connectivity index (χ2n) is 11.0. The van der Waals surface area contributed by atoms with E-state index in [1.165, 1.54) is 5.56 Å². The molecule has 1 N–H and O–H groups in total. The fourth-order valence-electron chi connectivity index (χ4n) is 5.36. The lowest BCUT2D eigenvalue weighted by Crippen LogP contribution is -2.52. The van der Waals surface area contributed by atoms with Gasteiger partial charge in [-0.1, -0.05) is 106 Å². The van der Waals surface area contributed by atoms with Gasteiger partial charge in [-0.2, -0.15) is 0 Å². The van der Waals surface area contributed by atoms with E-state index >= 15 is 0 Å². The summed E-state index contributed by atoms with van der Waals surface area (Å²) >= 11 is 0. The minimum Gasteiger partial charge on any atom is -0.352 e. The van der Waals surface area contributed by atoms with Gasteiger partial charge in [0.25, 0.3) is 0 Å². The van der Waals surface area contributed by atoms with Crippen molar-refractivity contribution in [1.82, 2.24) is 10.2 Å². The Labute approximate surface area is 228 Å². The Morgan fingerprint density at radius 1 is 0.868 bits per heavy atom. The Bertz CT molecular complexity index is 1180. The number of rotatable bonds is 11. The smallest absolute Gasteiger partial charge is 0.243 e. The molecular weight excluding hydrogens is 468 g/mol. The number of nitrogens with one attached hydrogen (secondary N) is 1. The molecule has 0 bridgehead atoms. The van der Waals surface area contributed by atoms with E-state index in [1.807, 2.05) is 47.4 Å². The summed E-state index contributed by atoms with van der Waals surface area (Å²) in [5.41, 5.74) is 5.71. The van der Waals surface area contributed by atoms with Crippen molar-refractivity contribution < 1.29 is 9.59 Å². The quantitative estimate of drug-likeness (QED) is 0.310. The van der Waals surface area contributed by atoms with Crippen molar-refractivity contribution in [3.05, 3.63) is 107 Å². The van der Waals surface area contributed by atoms with E-state index in [9.17, 15) is 9.59 Å². The first-order valence-corrected chi connectivity index (χ1v) is 14.2. The zero-order valence-corrected chi connectivity index (χ0v) is 23.2. The molecule has 1 fully saturated rings. The zero-order valence-electron chi connectivity index (χ0n) is 23.2. The third kappa shape index (κ3) is 7.56. The summed E-state index contributed by atoms with van der Waals surface area (Å²) in [5.74, 6) is 0.458. The maximum Gasteiger partial charge on any atom is 0.243 e. The van der Waals surface area contributed by atoms with E-state index in [1.54, 1.807) is 0 Å². The SMILES string of the molecule is Cc1ccccc1CN(C(=O)CCc1ccc(C(C)C)cc1)[C@H](Cc1ccccc1)C(=O)NC1CCCC1. The van der Waals surface area contributed by atoms with Gasteiger partial charge in [0, 0.05) is 25.4 Å². The first kappa shape index (κ1) is 27.6. The van der Waals surface area contributed by atoms with Crippen LogP contribution in [0.3, 0.4) is 0 Å². The molecule has 0 saturated heterocycles. The maximum absolute atomic E-state index is 13.9. The van der Waals surface area contributed by atoms with E-state index in [4.69, 9.17) is 0 Å². The molecular formula is C34H42N2O2. The molecule has 38 heavy (non-hydrogen) atoms. The molecule has 200 valence electrons. The molecule has 1 aliphatic rings. The molecule has 0 spiro atoms. The average molecular weight is 511 g/mol. The summed E-state index contributed by atoms with van der Waals surface area (Å²) in [6.07, 6.45) is 5.86. The van der Waals surface area contributed by atoms with E-state index in [0.29, 0.717) is 31.7 Å². The summed E-state index contributed by atoms with van der Waals surface area (Å²) in [4.78, 5) is 29.6. The molecule has 3 aromatic carbocycles. The Hall–Kier alpha value is -3.40. The minimum atomic E-state index is -0.562. The van der Waals surface area contributed by atoms with E-state index in [0.717, 1.165) is 47.9 Å². The molecule has 3 aromatic rings. The molecule has 0 radical (unpaired) electrons. The van der Waals surface area contributed by atoms with Crippen LogP contribution < -0.4 is 5.32 Å². The summed E-state index contributed by atoms with van der Waals surface area (Å²) in [5, 5.41) is 3.29. The van der Waals surface area contributed by atoms with Crippen molar-refractivity contribution >= 4 is 11.8 Å². The molecule has 0 unspecified atom stereocenters. The van der Waals surface area contributed by atoms with Crippen LogP contribution in [0.5, 0.6) is 0 Å². The highest BCUT2D eigenvalue weighted by Crippen LogP contribution is 2.22. The number of nitrogens with zero attached hydrogens (tertiary/aromatic N) is 1. The highest BCUT2D eigenvalue weighted by atomic mass is 16.2. The van der Waals surface area contributed by atoms with Crippen molar-refractivity contribution in [2.24, 2.45) is 0 Å². The Morgan fingerprint density at radius 2 is 1.53 bits per heavy atom. The largest absolute Gasteiger partial charge is 0.352 e. The van der Waals surface area contributed by atoms with Crippen LogP contribution in [0, 0.1) is 6.92 Å². The average Bonchev–Trinajstić information content (AvgIpc) is 3.44. The number of carbonyl (C=O) groups excluding carboxylic acids is 2. The summed E-state index contributed by atoms with van der Waals surface area (Å²) in [6.45, 7) is 6.86. The highest BCUT2D eigenvalue weighted by Gasteiger charge is 2.32. The zero-order chi connectivity index (χ0) is 26.9. The van der Waals surface area contributed by atoms with E-state index < -0.39 is 6.04 Å². The number of benzene rings is 3. The third-order valence-corrected chi connectivity index (χ3v) is 7.85. The maximum atomic E-state index is 13.9. The monoisotopic (exact) mass is 510 g/mol. The van der Waals surface area contributed by atoms with Crippen molar-refractivity contribution in [2.75, 3.05) is 0 Å². The Balaban J connectivity index is 1.59. The molecule has 1 atom stereocenters. The Morgan fingerprint density at radius 3 is 2.18 bits per heavy atom. The predicted octanol–water partition coefficient (Wildman–Crippen LogP) is 6.75. The molecule has 0 aromatic heterocycles. The molecule has 4 rings (SSSR count). The summed E-state index contributed by atoms with van der Waals surface area (Å²) in [7, 11) is 0. The first-order valence-electron chi connectivity index (χ1n) is 14.2. The van der Waals surface area contributed by atoms with Crippen LogP contribution in [0.15, 0.2) is 78.9 Å². The lowest BCUT2D eigenvalue weighted by Gasteiger charge is -2.33. The molecule has 0 heterocycles. The summed E-state index contributed by atoms with van der Waals surface area (Å²) in [6, 6.07) is 26.4. The number of carbonyl (C=O) groups is 2. The van der Waals surface area contributed by atoms with Crippen LogP contribution in [0.4, 0.5) is 0 Å². The lowest BCUT2D eigenvalue weighted by atomic mass is 9.98. The Kier molecular flexibility index (Phi) is 9.75. The van der Waals surface area contributed by atoms with Crippen LogP contribution in [-0.2, 0) is 29.0 Å². The van der Waals surface area contributed by atoms with Gasteiger partial charge in [-0.25, -0.2) is 0 Å². The van der Waals surface area contributed by atoms with E-state index in [-0.39, 0.29) is 17.9 Å². The van der Waals surface area contributed by atoms with Gasteiger partial charge in [-0.05, 0) is 59.9 Å². The van der Waals surface area contributed by atoms with Crippen LogP contribution in [-0.4, -0.2) is 28.8 Å². The van der Waals surface area contributed by atoms with Gasteiger partial charge in [0.15, 0.2) is 0 Å². The number of hydrogen-bond acceptors (Lipinski definition) is 2. The van der Waals surface area contributed by atoms with Crippen LogP contribution in [0.1, 0.15) is 79.7 Å². The predicted molar refractivity (Wildman–Crippen MR) is 155 cm³/mol.